The van der Waals surface area contributed by atoms with Gasteiger partial charge in [-0.2, -0.15) is 0 Å². The van der Waals surface area contributed by atoms with Crippen LogP contribution in [0.4, 0.5) is 4.39 Å². The van der Waals surface area contributed by atoms with Crippen molar-refractivity contribution < 1.29 is 13.9 Å². The lowest BCUT2D eigenvalue weighted by molar-refractivity contribution is 0.303. The molecule has 0 spiro atoms. The van der Waals surface area contributed by atoms with Gasteiger partial charge in [-0.25, -0.2) is 4.39 Å². The zero-order chi connectivity index (χ0) is 15.4. The molecule has 0 aromatic heterocycles. The van der Waals surface area contributed by atoms with Crippen LogP contribution in [0.25, 0.3) is 0 Å². The van der Waals surface area contributed by atoms with Crippen molar-refractivity contribution in [2.45, 2.75) is 6.61 Å². The third-order valence-electron chi connectivity index (χ3n) is 2.82. The Morgan fingerprint density at radius 3 is 2.57 bits per heavy atom. The number of hydrogen-bond acceptors (Lipinski definition) is 3. The molecule has 0 bridgehead atoms. The summed E-state index contributed by atoms with van der Waals surface area (Å²) in [6.07, 6.45) is 0. The molecule has 4 nitrogen and oxygen atoms in total. The van der Waals surface area contributed by atoms with E-state index in [4.69, 9.17) is 32.2 Å². The minimum Gasteiger partial charge on any atom is -0.497 e. The van der Waals surface area contributed by atoms with E-state index in [0.29, 0.717) is 17.1 Å². The van der Waals surface area contributed by atoms with Crippen LogP contribution in [0.1, 0.15) is 11.1 Å². The second-order valence-electron chi connectivity index (χ2n) is 4.35. The lowest BCUT2D eigenvalue weighted by Crippen LogP contribution is -2.11. The Bertz CT molecular complexity index is 677. The van der Waals surface area contributed by atoms with Crippen LogP contribution in [0.3, 0.4) is 0 Å². The van der Waals surface area contributed by atoms with Crippen LogP contribution >= 0.6 is 11.6 Å². The second kappa shape index (κ2) is 6.45. The molecule has 0 aliphatic heterocycles. The van der Waals surface area contributed by atoms with Gasteiger partial charge in [0.2, 0.25) is 0 Å². The van der Waals surface area contributed by atoms with Crippen molar-refractivity contribution in [3.05, 3.63) is 58.4 Å². The van der Waals surface area contributed by atoms with Gasteiger partial charge in [0.1, 0.15) is 29.8 Å². The third-order valence-corrected chi connectivity index (χ3v) is 3.11. The van der Waals surface area contributed by atoms with Crippen LogP contribution < -0.4 is 15.2 Å². The number of hydrogen-bond donors (Lipinski definition) is 2. The molecular weight excluding hydrogens is 295 g/mol. The molecule has 6 heteroatoms. The topological polar surface area (TPSA) is 68.3 Å². The number of benzene rings is 2. The largest absolute Gasteiger partial charge is 0.497 e. The van der Waals surface area contributed by atoms with E-state index in [0.717, 1.165) is 5.56 Å². The minimum absolute atomic E-state index is 0.0474. The minimum atomic E-state index is -0.472. The van der Waals surface area contributed by atoms with Crippen LogP contribution in [-0.2, 0) is 6.61 Å². The van der Waals surface area contributed by atoms with Crippen LogP contribution in [0.15, 0.2) is 36.4 Å². The maximum Gasteiger partial charge on any atom is 0.141 e. The van der Waals surface area contributed by atoms with Crippen molar-refractivity contribution in [2.24, 2.45) is 5.73 Å². The number of rotatable bonds is 5. The van der Waals surface area contributed by atoms with E-state index in [1.165, 1.54) is 19.2 Å². The Labute approximate surface area is 126 Å². The molecule has 0 aliphatic rings. The highest BCUT2D eigenvalue weighted by atomic mass is 35.5. The van der Waals surface area contributed by atoms with Crippen molar-refractivity contribution >= 4 is 17.4 Å². The zero-order valence-corrected chi connectivity index (χ0v) is 12.1. The molecule has 0 atom stereocenters. The number of halogens is 2. The molecule has 0 heterocycles. The molecule has 2 aromatic carbocycles. The zero-order valence-electron chi connectivity index (χ0n) is 11.3. The number of nitrogens with one attached hydrogen (secondary N) is 1. The number of nitrogen functional groups attached to an aromatic ring is 1. The van der Waals surface area contributed by atoms with Crippen molar-refractivity contribution in [1.29, 1.82) is 5.41 Å². The van der Waals surface area contributed by atoms with Gasteiger partial charge >= 0.3 is 0 Å². The van der Waals surface area contributed by atoms with Crippen molar-refractivity contribution in [3.63, 3.8) is 0 Å². The van der Waals surface area contributed by atoms with Gasteiger partial charge in [-0.05, 0) is 29.8 Å². The first-order valence-electron chi connectivity index (χ1n) is 6.10. The standard InChI is InChI=1S/C15H14ClFN2O2/c1-20-11-5-10(15(18)19)6-12(7-11)21-8-9-2-3-14(17)13(16)4-9/h2-7H,8H2,1H3,(H3,18,19). The summed E-state index contributed by atoms with van der Waals surface area (Å²) in [5, 5.41) is 7.51. The Morgan fingerprint density at radius 2 is 1.95 bits per heavy atom. The summed E-state index contributed by atoms with van der Waals surface area (Å²) in [7, 11) is 1.52. The van der Waals surface area contributed by atoms with Crippen LogP contribution in [-0.4, -0.2) is 12.9 Å². The average Bonchev–Trinajstić information content (AvgIpc) is 2.48. The van der Waals surface area contributed by atoms with E-state index < -0.39 is 5.82 Å². The van der Waals surface area contributed by atoms with Gasteiger partial charge in [0.25, 0.3) is 0 Å². The number of amidine groups is 1. The SMILES string of the molecule is COc1cc(OCc2ccc(F)c(Cl)c2)cc(C(=N)N)c1. The van der Waals surface area contributed by atoms with Crippen LogP contribution in [0.2, 0.25) is 5.02 Å². The van der Waals surface area contributed by atoms with E-state index in [1.54, 1.807) is 24.3 Å². The molecule has 0 fully saturated rings. The quantitative estimate of drug-likeness (QED) is 0.657. The first-order chi connectivity index (χ1) is 9.99. The molecule has 0 aliphatic carbocycles. The van der Waals surface area contributed by atoms with Crippen LogP contribution in [0.5, 0.6) is 11.5 Å². The van der Waals surface area contributed by atoms with Gasteiger partial charge in [-0.15, -0.1) is 0 Å². The summed E-state index contributed by atoms with van der Waals surface area (Å²) in [6, 6.07) is 9.33. The third kappa shape index (κ3) is 3.86. The lowest BCUT2D eigenvalue weighted by atomic mass is 10.2. The molecule has 0 saturated carbocycles. The summed E-state index contributed by atoms with van der Waals surface area (Å²) in [6.45, 7) is 0.213. The van der Waals surface area contributed by atoms with E-state index >= 15 is 0 Å². The summed E-state index contributed by atoms with van der Waals surface area (Å²) >= 11 is 5.71. The summed E-state index contributed by atoms with van der Waals surface area (Å²) in [5.74, 6) is 0.485. The fraction of sp³-hybridized carbons (Fsp3) is 0.133. The number of nitrogens with two attached hydrogens (primary N) is 1. The maximum atomic E-state index is 13.1. The molecular formula is C15H14ClFN2O2. The molecule has 0 saturated heterocycles. The van der Waals surface area contributed by atoms with E-state index in [2.05, 4.69) is 0 Å². The second-order valence-corrected chi connectivity index (χ2v) is 4.76. The molecule has 0 unspecified atom stereocenters. The number of methoxy groups -OCH3 is 1. The summed E-state index contributed by atoms with van der Waals surface area (Å²) < 4.78 is 23.8. The first-order valence-corrected chi connectivity index (χ1v) is 6.47. The first kappa shape index (κ1) is 15.1. The van der Waals surface area contributed by atoms with E-state index in [9.17, 15) is 4.39 Å². The summed E-state index contributed by atoms with van der Waals surface area (Å²) in [5.41, 5.74) is 6.69. The number of ether oxygens (including phenoxy) is 2. The van der Waals surface area contributed by atoms with E-state index in [1.807, 2.05) is 0 Å². The maximum absolute atomic E-state index is 13.1. The Morgan fingerprint density at radius 1 is 1.24 bits per heavy atom. The van der Waals surface area contributed by atoms with Gasteiger partial charge in [-0.1, -0.05) is 17.7 Å². The predicted octanol–water partition coefficient (Wildman–Crippen LogP) is 3.35. The molecule has 21 heavy (non-hydrogen) atoms. The lowest BCUT2D eigenvalue weighted by Gasteiger charge is -2.10. The molecule has 0 amide bonds. The Hall–Kier alpha value is -2.27. The Balaban J connectivity index is 2.17. The van der Waals surface area contributed by atoms with E-state index in [-0.39, 0.29) is 17.5 Å². The Kier molecular flexibility index (Phi) is 4.65. The molecule has 3 N–H and O–H groups in total. The highest BCUT2D eigenvalue weighted by molar-refractivity contribution is 6.30. The smallest absolute Gasteiger partial charge is 0.141 e. The molecule has 2 aromatic rings. The highest BCUT2D eigenvalue weighted by Gasteiger charge is 2.06. The van der Waals surface area contributed by atoms with Crippen molar-refractivity contribution in [3.8, 4) is 11.5 Å². The molecule has 0 radical (unpaired) electrons. The van der Waals surface area contributed by atoms with Crippen molar-refractivity contribution in [1.82, 2.24) is 0 Å². The normalized spacial score (nSPS) is 10.2. The van der Waals surface area contributed by atoms with Gasteiger partial charge in [-0.3, -0.25) is 5.41 Å². The van der Waals surface area contributed by atoms with Gasteiger partial charge in [0.05, 0.1) is 12.1 Å². The monoisotopic (exact) mass is 308 g/mol. The molecule has 2 rings (SSSR count). The van der Waals surface area contributed by atoms with Crippen LogP contribution in [0, 0.1) is 11.2 Å². The fourth-order valence-corrected chi connectivity index (χ4v) is 1.93. The van der Waals surface area contributed by atoms with Gasteiger partial charge in [0, 0.05) is 11.6 Å². The van der Waals surface area contributed by atoms with Crippen molar-refractivity contribution in [2.75, 3.05) is 7.11 Å². The molecule has 110 valence electrons. The average molecular weight is 309 g/mol. The highest BCUT2D eigenvalue weighted by Crippen LogP contribution is 2.24. The van der Waals surface area contributed by atoms with Gasteiger partial charge < -0.3 is 15.2 Å². The fourth-order valence-electron chi connectivity index (χ4n) is 1.72. The predicted molar refractivity (Wildman–Crippen MR) is 79.8 cm³/mol. The van der Waals surface area contributed by atoms with Gasteiger partial charge in [0.15, 0.2) is 0 Å². The summed E-state index contributed by atoms with van der Waals surface area (Å²) in [4.78, 5) is 0.